The van der Waals surface area contributed by atoms with Crippen LogP contribution in [0, 0.1) is 0 Å². The highest BCUT2D eigenvalue weighted by Gasteiger charge is 2.19. The topological polar surface area (TPSA) is 15.6 Å². The van der Waals surface area contributed by atoms with Crippen LogP contribution in [-0.4, -0.2) is 30.4 Å². The molecule has 3 rings (SSSR count). The molecule has 0 N–H and O–H groups in total. The van der Waals surface area contributed by atoms with Crippen LogP contribution < -0.4 is 0 Å². The van der Waals surface area contributed by atoms with E-state index in [1.165, 1.54) is 25.9 Å². The van der Waals surface area contributed by atoms with Gasteiger partial charge in [0.15, 0.2) is 0 Å². The molecule has 1 saturated heterocycles. The molecule has 8 heavy (non-hydrogen) atoms. The summed E-state index contributed by atoms with van der Waals surface area (Å²) in [6.45, 7) is 2.49. The molecule has 0 amide bonds. The lowest BCUT2D eigenvalue weighted by atomic mass is 10.1. The maximum atomic E-state index is 4.30. The van der Waals surface area contributed by atoms with Crippen molar-refractivity contribution in [2.75, 3.05) is 13.1 Å². The molecule has 3 heterocycles. The van der Waals surface area contributed by atoms with Gasteiger partial charge < -0.3 is 4.90 Å². The van der Waals surface area contributed by atoms with E-state index in [4.69, 9.17) is 0 Å². The van der Waals surface area contributed by atoms with Crippen molar-refractivity contribution in [1.29, 1.82) is 0 Å². The molecule has 44 valence electrons. The molecule has 0 atom stereocenters. The molecule has 0 aliphatic carbocycles. The van der Waals surface area contributed by atoms with Crippen molar-refractivity contribution in [3.63, 3.8) is 0 Å². The summed E-state index contributed by atoms with van der Waals surface area (Å²) in [7, 11) is 0. The number of rotatable bonds is 0. The van der Waals surface area contributed by atoms with Crippen LogP contribution in [0.4, 0.5) is 0 Å². The minimum absolute atomic E-state index is 0.681. The number of piperidine rings is 1. The van der Waals surface area contributed by atoms with Gasteiger partial charge in [0.05, 0.1) is 12.4 Å². The third kappa shape index (κ3) is 0.522. The molecule has 3 aliphatic rings. The Hall–Kier alpha value is -0.530. The summed E-state index contributed by atoms with van der Waals surface area (Å²) >= 11 is 0. The van der Waals surface area contributed by atoms with Crippen LogP contribution in [0.15, 0.2) is 4.99 Å². The highest BCUT2D eigenvalue weighted by Crippen LogP contribution is 2.16. The molecule has 2 nitrogen and oxygen atoms in total. The van der Waals surface area contributed by atoms with Gasteiger partial charge in [-0.1, -0.05) is 0 Å². The van der Waals surface area contributed by atoms with Gasteiger partial charge in [-0.15, -0.1) is 0 Å². The maximum absolute atomic E-state index is 4.30. The largest absolute Gasteiger partial charge is 0.363 e. The lowest BCUT2D eigenvalue weighted by Gasteiger charge is -2.33. The summed E-state index contributed by atoms with van der Waals surface area (Å²) in [5, 5.41) is 0. The van der Waals surface area contributed by atoms with Crippen molar-refractivity contribution < 1.29 is 0 Å². The van der Waals surface area contributed by atoms with Gasteiger partial charge in [-0.05, 0) is 12.8 Å². The minimum Gasteiger partial charge on any atom is -0.363 e. The van der Waals surface area contributed by atoms with Crippen molar-refractivity contribution in [2.45, 2.75) is 18.9 Å². The molecule has 0 saturated carbocycles. The molecule has 0 radical (unpaired) electrons. The standard InChI is InChI=1S/C6H10N2/c1-3-8-4-2-6(1)7-5-8/h5-6H,1-4H2. The molecule has 1 fully saturated rings. The number of nitrogens with zero attached hydrogens (tertiary/aromatic N) is 2. The Morgan fingerprint density at radius 1 is 1.38 bits per heavy atom. The smallest absolute Gasteiger partial charge is 0.0853 e. The van der Waals surface area contributed by atoms with E-state index in [1.807, 2.05) is 6.34 Å². The van der Waals surface area contributed by atoms with Gasteiger partial charge in [-0.25, -0.2) is 0 Å². The first-order valence-corrected chi connectivity index (χ1v) is 3.22. The Morgan fingerprint density at radius 3 is 2.25 bits per heavy atom. The van der Waals surface area contributed by atoms with Gasteiger partial charge in [-0.2, -0.15) is 0 Å². The molecular weight excluding hydrogens is 100 g/mol. The highest BCUT2D eigenvalue weighted by molar-refractivity contribution is 5.57. The minimum atomic E-state index is 0.681. The predicted octanol–water partition coefficient (Wildman–Crippen LogP) is 0.493. The van der Waals surface area contributed by atoms with Crippen LogP contribution in [-0.2, 0) is 0 Å². The van der Waals surface area contributed by atoms with Crippen LogP contribution >= 0.6 is 0 Å². The molecule has 3 aliphatic heterocycles. The number of hydrogen-bond acceptors (Lipinski definition) is 2. The fraction of sp³-hybridized carbons (Fsp3) is 0.833. The molecule has 0 aromatic rings. The second-order valence-electron chi connectivity index (χ2n) is 2.53. The van der Waals surface area contributed by atoms with Gasteiger partial charge in [0.25, 0.3) is 0 Å². The molecule has 0 spiro atoms. The Labute approximate surface area is 49.2 Å². The van der Waals surface area contributed by atoms with Crippen LogP contribution in [0.2, 0.25) is 0 Å². The third-order valence-corrected chi connectivity index (χ3v) is 1.94. The van der Waals surface area contributed by atoms with E-state index in [1.54, 1.807) is 0 Å². The van der Waals surface area contributed by atoms with Crippen LogP contribution in [0.1, 0.15) is 12.8 Å². The first-order valence-electron chi connectivity index (χ1n) is 3.22. The van der Waals surface area contributed by atoms with Crippen LogP contribution in [0.5, 0.6) is 0 Å². The van der Waals surface area contributed by atoms with Gasteiger partial charge >= 0.3 is 0 Å². The maximum Gasteiger partial charge on any atom is 0.0853 e. The summed E-state index contributed by atoms with van der Waals surface area (Å²) in [5.41, 5.74) is 0. The Kier molecular flexibility index (Phi) is 0.802. The van der Waals surface area contributed by atoms with E-state index in [9.17, 15) is 0 Å². The van der Waals surface area contributed by atoms with Crippen LogP contribution in [0.25, 0.3) is 0 Å². The predicted molar refractivity (Wildman–Crippen MR) is 33.1 cm³/mol. The van der Waals surface area contributed by atoms with E-state index in [-0.39, 0.29) is 0 Å². The van der Waals surface area contributed by atoms with Crippen LogP contribution in [0.3, 0.4) is 0 Å². The van der Waals surface area contributed by atoms with Gasteiger partial charge in [0.2, 0.25) is 0 Å². The second-order valence-corrected chi connectivity index (χ2v) is 2.53. The highest BCUT2D eigenvalue weighted by atomic mass is 15.2. The van der Waals surface area contributed by atoms with E-state index in [0.717, 1.165) is 0 Å². The summed E-state index contributed by atoms with van der Waals surface area (Å²) in [4.78, 5) is 6.59. The van der Waals surface area contributed by atoms with E-state index >= 15 is 0 Å². The first-order chi connectivity index (χ1) is 3.95. The molecule has 0 aromatic carbocycles. The van der Waals surface area contributed by atoms with E-state index < -0.39 is 0 Å². The van der Waals surface area contributed by atoms with Crippen molar-refractivity contribution >= 4 is 6.34 Å². The zero-order valence-corrected chi connectivity index (χ0v) is 4.88. The molecule has 0 aromatic heterocycles. The van der Waals surface area contributed by atoms with Gasteiger partial charge in [-0.3, -0.25) is 4.99 Å². The Morgan fingerprint density at radius 2 is 2.12 bits per heavy atom. The van der Waals surface area contributed by atoms with Gasteiger partial charge in [0, 0.05) is 13.1 Å². The fourth-order valence-corrected chi connectivity index (χ4v) is 1.34. The lowest BCUT2D eigenvalue weighted by molar-refractivity contribution is 0.293. The summed E-state index contributed by atoms with van der Waals surface area (Å²) in [6, 6.07) is 0.681. The fourth-order valence-electron chi connectivity index (χ4n) is 1.34. The Bertz CT molecular complexity index is 97.7. The SMILES string of the molecule is C1=NC2CCN1CC2. The van der Waals surface area contributed by atoms with E-state index in [2.05, 4.69) is 9.89 Å². The monoisotopic (exact) mass is 110 g/mol. The number of aliphatic imine (C=N–C) groups is 1. The van der Waals surface area contributed by atoms with Crippen molar-refractivity contribution in [3.05, 3.63) is 0 Å². The zero-order valence-electron chi connectivity index (χ0n) is 4.88. The summed E-state index contributed by atoms with van der Waals surface area (Å²) < 4.78 is 0. The number of fused-ring (bicyclic) bond motifs is 2. The van der Waals surface area contributed by atoms with E-state index in [0.29, 0.717) is 6.04 Å². The van der Waals surface area contributed by atoms with Crippen molar-refractivity contribution in [2.24, 2.45) is 4.99 Å². The summed E-state index contributed by atoms with van der Waals surface area (Å²) in [5.74, 6) is 0. The molecule has 2 bridgehead atoms. The normalized spacial score (nSPS) is 27.2. The number of hydrogen-bond donors (Lipinski definition) is 0. The molecule has 2 heteroatoms. The molecular formula is C6H10N2. The molecule has 0 unspecified atom stereocenters. The average Bonchev–Trinajstić information content (AvgIpc) is 1.92. The first kappa shape index (κ1) is 4.36. The van der Waals surface area contributed by atoms with Crippen molar-refractivity contribution in [3.8, 4) is 0 Å². The average molecular weight is 110 g/mol. The van der Waals surface area contributed by atoms with Gasteiger partial charge in [0.1, 0.15) is 0 Å². The van der Waals surface area contributed by atoms with Crippen molar-refractivity contribution in [1.82, 2.24) is 4.90 Å². The lowest BCUT2D eigenvalue weighted by Crippen LogP contribution is -2.39. The summed E-state index contributed by atoms with van der Waals surface area (Å²) in [6.07, 6.45) is 4.57. The quantitative estimate of drug-likeness (QED) is 0.443. The second kappa shape index (κ2) is 1.47. The zero-order chi connectivity index (χ0) is 5.40. The Balaban J connectivity index is 2.20. The third-order valence-electron chi connectivity index (χ3n) is 1.94.